The second-order valence-corrected chi connectivity index (χ2v) is 19.0. The average molecular weight is 1180 g/mol. The number of para-hydroxylation sites is 3. The highest BCUT2D eigenvalue weighted by molar-refractivity contribution is 5.97. The van der Waals surface area contributed by atoms with Crippen molar-refractivity contribution in [2.45, 2.75) is 25.7 Å². The molecule has 0 saturated carbocycles. The molecule has 0 aliphatic carbocycles. The molecule has 21 heteroatoms. The Balaban J connectivity index is 0.000000188. The lowest BCUT2D eigenvalue weighted by Crippen LogP contribution is -2.17. The van der Waals surface area contributed by atoms with Crippen molar-refractivity contribution in [3.63, 3.8) is 0 Å². The van der Waals surface area contributed by atoms with Crippen molar-refractivity contribution in [2.75, 3.05) is 57.2 Å². The Morgan fingerprint density at radius 1 is 0.511 bits per heavy atom. The Morgan fingerprint density at radius 2 is 0.909 bits per heavy atom. The zero-order valence-corrected chi connectivity index (χ0v) is 48.8. The number of allylic oxidation sites excluding steroid dienone is 1. The van der Waals surface area contributed by atoms with E-state index in [1.165, 1.54) is 13.2 Å². The number of hydrogen-bond acceptors (Lipinski definition) is 18. The van der Waals surface area contributed by atoms with E-state index in [-0.39, 0.29) is 12.8 Å². The summed E-state index contributed by atoms with van der Waals surface area (Å²) >= 11 is 0. The number of carbonyl (C=O) groups excluding carboxylic acids is 3. The molecule has 88 heavy (non-hydrogen) atoms. The van der Waals surface area contributed by atoms with E-state index in [1.54, 1.807) is 61.0 Å². The fourth-order valence-electron chi connectivity index (χ4n) is 9.09. The lowest BCUT2D eigenvalue weighted by Gasteiger charge is -2.22. The summed E-state index contributed by atoms with van der Waals surface area (Å²) in [6, 6.07) is 51.5. The first-order valence-corrected chi connectivity index (χ1v) is 27.0. The normalized spacial score (nSPS) is 10.4. The molecule has 0 bridgehead atoms. The molecule has 0 aliphatic heterocycles. The summed E-state index contributed by atoms with van der Waals surface area (Å²) in [5, 5.41) is 56.6. The zero-order valence-electron chi connectivity index (χ0n) is 48.8. The summed E-state index contributed by atoms with van der Waals surface area (Å²) in [5.41, 5.74) is 15.3. The van der Waals surface area contributed by atoms with E-state index < -0.39 is 17.7 Å². The maximum absolute atomic E-state index is 11.3. The van der Waals surface area contributed by atoms with E-state index in [1.807, 2.05) is 169 Å². The van der Waals surface area contributed by atoms with Gasteiger partial charge < -0.3 is 28.9 Å². The SMILES string of the molecule is COc1ccc(N(C)c2cc(C#N)nc3ccccc23)cc1/C=C/C(=O)NO.COc1ccc(N(C)c2cc(C#N)nc3ccccc23)cc1/C=C/CCC(=O)NO.COc1ccc(N(C)c2cc(C#N)nc3ccccc23)cc1C#CCCC(=O)NO. The van der Waals surface area contributed by atoms with Gasteiger partial charge in [0.1, 0.15) is 52.5 Å². The largest absolute Gasteiger partial charge is 0.496 e. The number of ether oxygens (including phenoxy) is 3. The first kappa shape index (κ1) is 63.7. The molecule has 0 radical (unpaired) electrons. The topological polar surface area (TPSA) is 295 Å². The molecule has 0 unspecified atom stereocenters. The molecule has 0 fully saturated rings. The first-order valence-electron chi connectivity index (χ1n) is 27.0. The van der Waals surface area contributed by atoms with Crippen molar-refractivity contribution in [1.82, 2.24) is 31.4 Å². The fraction of sp³-hybridized carbons (Fsp3) is 0.149. The number of pyridine rings is 3. The third-order valence-corrected chi connectivity index (χ3v) is 13.6. The number of amides is 3. The van der Waals surface area contributed by atoms with Gasteiger partial charge in [-0.05, 0) is 103 Å². The summed E-state index contributed by atoms with van der Waals surface area (Å²) in [5.74, 6) is 6.28. The minimum absolute atomic E-state index is 0.103. The van der Waals surface area contributed by atoms with Crippen molar-refractivity contribution >= 4 is 96.7 Å². The molecular formula is C67H60N12O9. The van der Waals surface area contributed by atoms with Crippen LogP contribution in [-0.2, 0) is 14.4 Å². The minimum atomic E-state index is -0.639. The maximum Gasteiger partial charge on any atom is 0.267 e. The number of aromatic nitrogens is 3. The van der Waals surface area contributed by atoms with Crippen LogP contribution >= 0.6 is 0 Å². The van der Waals surface area contributed by atoms with Crippen LogP contribution in [0.1, 0.15) is 59.5 Å². The van der Waals surface area contributed by atoms with Gasteiger partial charge in [0.2, 0.25) is 11.8 Å². The number of nitrogens with zero attached hydrogens (tertiary/aromatic N) is 9. The summed E-state index contributed by atoms with van der Waals surface area (Å²) in [4.78, 5) is 52.6. The van der Waals surface area contributed by atoms with Gasteiger partial charge in [-0.1, -0.05) is 78.6 Å². The number of benzene rings is 6. The van der Waals surface area contributed by atoms with Crippen LogP contribution in [0.2, 0.25) is 0 Å². The Hall–Kier alpha value is -11.9. The van der Waals surface area contributed by atoms with Gasteiger partial charge in [-0.25, -0.2) is 31.4 Å². The van der Waals surface area contributed by atoms with Crippen LogP contribution in [0.15, 0.2) is 158 Å². The number of fused-ring (bicyclic) bond motifs is 3. The first-order chi connectivity index (χ1) is 42.7. The number of methoxy groups -OCH3 is 3. The van der Waals surface area contributed by atoms with Crippen LogP contribution in [0.3, 0.4) is 0 Å². The predicted octanol–water partition coefficient (Wildman–Crippen LogP) is 11.1. The van der Waals surface area contributed by atoms with E-state index in [0.29, 0.717) is 58.3 Å². The highest BCUT2D eigenvalue weighted by atomic mass is 16.5. The van der Waals surface area contributed by atoms with Crippen LogP contribution in [0.5, 0.6) is 17.2 Å². The number of carbonyl (C=O) groups is 3. The van der Waals surface area contributed by atoms with Crippen LogP contribution in [-0.4, -0.2) is 90.8 Å². The summed E-state index contributed by atoms with van der Waals surface area (Å²) < 4.78 is 16.2. The molecule has 3 amide bonds. The number of hydroxylamine groups is 3. The third kappa shape index (κ3) is 16.1. The quantitative estimate of drug-likeness (QED) is 0.0214. The number of hydrogen-bond donors (Lipinski definition) is 6. The maximum atomic E-state index is 11.3. The molecule has 6 N–H and O–H groups in total. The van der Waals surface area contributed by atoms with Crippen LogP contribution in [0.25, 0.3) is 44.9 Å². The number of rotatable bonds is 17. The van der Waals surface area contributed by atoms with E-state index in [4.69, 9.17) is 29.8 Å². The lowest BCUT2D eigenvalue weighted by molar-refractivity contribution is -0.129. The van der Waals surface area contributed by atoms with Crippen molar-refractivity contribution in [3.05, 3.63) is 192 Å². The molecule has 442 valence electrons. The Bertz CT molecular complexity index is 4290. The van der Waals surface area contributed by atoms with Crippen molar-refractivity contribution in [2.24, 2.45) is 0 Å². The molecule has 0 spiro atoms. The molecular weight excluding hydrogens is 1120 g/mol. The lowest BCUT2D eigenvalue weighted by atomic mass is 10.1. The van der Waals surface area contributed by atoms with Gasteiger partial charge in [0.15, 0.2) is 0 Å². The van der Waals surface area contributed by atoms with Crippen LogP contribution in [0, 0.1) is 45.8 Å². The van der Waals surface area contributed by atoms with E-state index >= 15 is 0 Å². The summed E-state index contributed by atoms with van der Waals surface area (Å²) in [7, 11) is 10.4. The monoisotopic (exact) mass is 1180 g/mol. The molecule has 0 saturated heterocycles. The minimum Gasteiger partial charge on any atom is -0.496 e. The Morgan fingerprint density at radius 3 is 1.32 bits per heavy atom. The van der Waals surface area contributed by atoms with E-state index in [9.17, 15) is 30.2 Å². The standard InChI is InChI=1S/C23H22N4O3.C23H20N4O3.C21H18N4O3/c2*1-27(21-14-17(15-24)25-20-9-5-4-8-19(20)21)18-11-12-22(30-2)16(13-18)7-3-6-10-23(28)26-29;1-25(19-12-15(13-22)23-18-6-4-3-5-17(18)19)16-8-9-20(28-2)14(11-16)7-10-21(26)24-27/h3-5,7-9,11-14,29H,6,10H2,1-2H3,(H,26,28);4-5,8-9,11-14,29H,6,10H2,1-2H3,(H,26,28);3-12,27H,1-2H3,(H,24,26)/b7-3+;;10-7+. The van der Waals surface area contributed by atoms with Gasteiger partial charge in [0.25, 0.3) is 5.91 Å². The van der Waals surface area contributed by atoms with Crippen molar-refractivity contribution in [3.8, 4) is 47.3 Å². The highest BCUT2D eigenvalue weighted by Gasteiger charge is 2.17. The smallest absolute Gasteiger partial charge is 0.267 e. The van der Waals surface area contributed by atoms with Gasteiger partial charge in [0.05, 0.1) is 60.5 Å². The van der Waals surface area contributed by atoms with Gasteiger partial charge in [0, 0.05) is 90.8 Å². The van der Waals surface area contributed by atoms with Crippen molar-refractivity contribution in [1.29, 1.82) is 15.8 Å². The molecule has 3 heterocycles. The highest BCUT2D eigenvalue weighted by Crippen LogP contribution is 2.37. The predicted molar refractivity (Wildman–Crippen MR) is 336 cm³/mol. The second kappa shape index (κ2) is 31.2. The summed E-state index contributed by atoms with van der Waals surface area (Å²) in [6.45, 7) is 0. The third-order valence-electron chi connectivity index (χ3n) is 13.6. The molecule has 9 aromatic rings. The van der Waals surface area contributed by atoms with Gasteiger partial charge >= 0.3 is 0 Å². The summed E-state index contributed by atoms with van der Waals surface area (Å²) in [6.07, 6.45) is 7.56. The number of nitriles is 3. The fourth-order valence-corrected chi connectivity index (χ4v) is 9.09. The molecule has 3 aromatic heterocycles. The molecule has 6 aromatic carbocycles. The van der Waals surface area contributed by atoms with Crippen LogP contribution in [0.4, 0.5) is 34.1 Å². The van der Waals surface area contributed by atoms with Gasteiger partial charge in [-0.15, -0.1) is 0 Å². The van der Waals surface area contributed by atoms with Crippen LogP contribution < -0.4 is 45.4 Å². The van der Waals surface area contributed by atoms with Crippen molar-refractivity contribution < 1.29 is 44.2 Å². The molecule has 21 nitrogen and oxygen atoms in total. The Kier molecular flexibility index (Phi) is 22.6. The molecule has 0 aliphatic rings. The van der Waals surface area contributed by atoms with Gasteiger partial charge in [-0.2, -0.15) is 15.8 Å². The molecule has 9 rings (SSSR count). The number of nitrogens with one attached hydrogen (secondary N) is 3. The molecule has 0 atom stereocenters. The van der Waals surface area contributed by atoms with Gasteiger partial charge in [-0.3, -0.25) is 30.0 Å². The zero-order chi connectivity index (χ0) is 63.1. The van der Waals surface area contributed by atoms with E-state index in [2.05, 4.69) is 45.0 Å². The average Bonchev–Trinajstić information content (AvgIpc) is 2.50. The second-order valence-electron chi connectivity index (χ2n) is 19.0. The Labute approximate surface area is 507 Å². The number of anilines is 6. The van der Waals surface area contributed by atoms with E-state index in [0.717, 1.165) is 72.4 Å².